The van der Waals surface area contributed by atoms with E-state index in [1.807, 2.05) is 30.3 Å². The Morgan fingerprint density at radius 3 is 2.65 bits per heavy atom. The highest BCUT2D eigenvalue weighted by atomic mass is 32.2. The molecule has 6 nitrogen and oxygen atoms in total. The van der Waals surface area contributed by atoms with E-state index in [2.05, 4.69) is 20.2 Å². The Bertz CT molecular complexity index is 637. The monoisotopic (exact) mass is 294 g/mol. The molecule has 0 atom stereocenters. The van der Waals surface area contributed by atoms with Crippen LogP contribution in [0.4, 0.5) is 0 Å². The highest BCUT2D eigenvalue weighted by Gasteiger charge is 2.06. The second-order valence-corrected chi connectivity index (χ2v) is 6.31. The molecule has 7 heteroatoms. The summed E-state index contributed by atoms with van der Waals surface area (Å²) < 4.78 is 24.3. The molecule has 0 fully saturated rings. The number of benzene rings is 1. The maximum absolute atomic E-state index is 10.9. The molecule has 0 aliphatic heterocycles. The number of aromatic amines is 1. The lowest BCUT2D eigenvalue weighted by Crippen LogP contribution is -2.30. The minimum atomic E-state index is -3.12. The van der Waals surface area contributed by atoms with Crippen LogP contribution in [0.25, 0.3) is 11.3 Å². The second kappa shape index (κ2) is 6.65. The molecule has 0 aliphatic carbocycles. The second-order valence-electron chi connectivity index (χ2n) is 4.48. The molecular weight excluding hydrogens is 276 g/mol. The molecular formula is C13H18N4O2S. The van der Waals surface area contributed by atoms with Gasteiger partial charge in [-0.25, -0.2) is 13.1 Å². The molecule has 0 aliphatic rings. The number of sulfonamides is 1. The van der Waals surface area contributed by atoms with E-state index < -0.39 is 10.0 Å². The summed E-state index contributed by atoms with van der Waals surface area (Å²) in [5.41, 5.74) is 3.11. The van der Waals surface area contributed by atoms with E-state index in [-0.39, 0.29) is 0 Å². The summed E-state index contributed by atoms with van der Waals surface area (Å²) in [7, 11) is -3.12. The first-order chi connectivity index (χ1) is 9.56. The lowest BCUT2D eigenvalue weighted by Gasteiger charge is -2.06. The number of H-pyrrole nitrogens is 1. The minimum Gasteiger partial charge on any atom is -0.311 e. The largest absolute Gasteiger partial charge is 0.311 e. The molecule has 0 unspecified atom stereocenters. The Labute approximate surface area is 118 Å². The van der Waals surface area contributed by atoms with Crippen LogP contribution in [0, 0.1) is 0 Å². The van der Waals surface area contributed by atoms with Gasteiger partial charge in [-0.1, -0.05) is 30.3 Å². The lowest BCUT2D eigenvalue weighted by atomic mass is 10.1. The third-order valence-electron chi connectivity index (χ3n) is 2.76. The fourth-order valence-electron chi connectivity index (χ4n) is 1.85. The summed E-state index contributed by atoms with van der Waals surface area (Å²) in [6.07, 6.45) is 2.93. The number of rotatable bonds is 7. The average molecular weight is 294 g/mol. The zero-order valence-electron chi connectivity index (χ0n) is 11.3. The first kappa shape index (κ1) is 14.7. The van der Waals surface area contributed by atoms with Crippen molar-refractivity contribution in [3.8, 4) is 11.3 Å². The maximum atomic E-state index is 10.9. The van der Waals surface area contributed by atoms with Crippen LogP contribution < -0.4 is 10.0 Å². The molecule has 20 heavy (non-hydrogen) atoms. The maximum Gasteiger partial charge on any atom is 0.208 e. The summed E-state index contributed by atoms with van der Waals surface area (Å²) in [4.78, 5) is 0. The predicted molar refractivity (Wildman–Crippen MR) is 78.6 cm³/mol. The number of hydrogen-bond acceptors (Lipinski definition) is 4. The number of nitrogens with one attached hydrogen (secondary N) is 3. The van der Waals surface area contributed by atoms with E-state index in [4.69, 9.17) is 0 Å². The molecule has 0 radical (unpaired) electrons. The Morgan fingerprint density at radius 2 is 1.95 bits per heavy atom. The Hall–Kier alpha value is -1.70. The van der Waals surface area contributed by atoms with E-state index in [0.29, 0.717) is 19.6 Å². The van der Waals surface area contributed by atoms with Crippen LogP contribution in [-0.4, -0.2) is 38.0 Å². The summed E-state index contributed by atoms with van der Waals surface area (Å²) in [6.45, 7) is 1.57. The smallest absolute Gasteiger partial charge is 0.208 e. The van der Waals surface area contributed by atoms with Crippen LogP contribution in [0.2, 0.25) is 0 Å². The van der Waals surface area contributed by atoms with Crippen molar-refractivity contribution in [1.29, 1.82) is 0 Å². The van der Waals surface area contributed by atoms with E-state index in [1.54, 1.807) is 6.20 Å². The zero-order chi connectivity index (χ0) is 14.4. The molecule has 108 valence electrons. The molecule has 0 saturated carbocycles. The van der Waals surface area contributed by atoms with Crippen LogP contribution in [0.3, 0.4) is 0 Å². The molecule has 1 heterocycles. The summed E-state index contributed by atoms with van der Waals surface area (Å²) >= 11 is 0. The van der Waals surface area contributed by atoms with Gasteiger partial charge < -0.3 is 5.32 Å². The zero-order valence-corrected chi connectivity index (χ0v) is 12.1. The molecule has 0 amide bonds. The van der Waals surface area contributed by atoms with Crippen molar-refractivity contribution < 1.29 is 8.42 Å². The van der Waals surface area contributed by atoms with Gasteiger partial charge >= 0.3 is 0 Å². The van der Waals surface area contributed by atoms with Gasteiger partial charge in [0.2, 0.25) is 10.0 Å². The van der Waals surface area contributed by atoms with E-state index in [1.165, 1.54) is 0 Å². The van der Waals surface area contributed by atoms with Crippen molar-refractivity contribution >= 4 is 10.0 Å². The van der Waals surface area contributed by atoms with Crippen LogP contribution in [0.1, 0.15) is 5.56 Å². The Morgan fingerprint density at radius 1 is 1.20 bits per heavy atom. The van der Waals surface area contributed by atoms with Crippen molar-refractivity contribution in [1.82, 2.24) is 20.2 Å². The molecule has 1 aromatic heterocycles. The van der Waals surface area contributed by atoms with Crippen LogP contribution in [0.5, 0.6) is 0 Å². The van der Waals surface area contributed by atoms with Gasteiger partial charge in [0.05, 0.1) is 18.1 Å². The van der Waals surface area contributed by atoms with Gasteiger partial charge in [0.25, 0.3) is 0 Å². The minimum absolute atomic E-state index is 0.372. The highest BCUT2D eigenvalue weighted by molar-refractivity contribution is 7.88. The average Bonchev–Trinajstić information content (AvgIpc) is 2.86. The predicted octanol–water partition coefficient (Wildman–Crippen LogP) is 0.716. The Balaban J connectivity index is 1.87. The summed E-state index contributed by atoms with van der Waals surface area (Å²) in [5, 5.41) is 10.2. The fourth-order valence-corrected chi connectivity index (χ4v) is 2.32. The number of aromatic nitrogens is 2. The van der Waals surface area contributed by atoms with Gasteiger partial charge in [-0.3, -0.25) is 5.10 Å². The first-order valence-electron chi connectivity index (χ1n) is 6.29. The van der Waals surface area contributed by atoms with Crippen molar-refractivity contribution in [3.05, 3.63) is 42.1 Å². The molecule has 2 rings (SSSR count). The molecule has 0 bridgehead atoms. The van der Waals surface area contributed by atoms with Crippen molar-refractivity contribution in [2.45, 2.75) is 6.54 Å². The fraction of sp³-hybridized carbons (Fsp3) is 0.308. The van der Waals surface area contributed by atoms with Crippen LogP contribution in [0.15, 0.2) is 36.5 Å². The molecule has 3 N–H and O–H groups in total. The lowest BCUT2D eigenvalue weighted by molar-refractivity contribution is 0.582. The third-order valence-corrected chi connectivity index (χ3v) is 3.49. The highest BCUT2D eigenvalue weighted by Crippen LogP contribution is 2.20. The van der Waals surface area contributed by atoms with E-state index in [0.717, 1.165) is 23.1 Å². The number of nitrogens with zero attached hydrogens (tertiary/aromatic N) is 1. The summed E-state index contributed by atoms with van der Waals surface area (Å²) in [5.74, 6) is 0. The normalized spacial score (nSPS) is 11.7. The molecule has 1 aromatic carbocycles. The van der Waals surface area contributed by atoms with Gasteiger partial charge in [0, 0.05) is 25.2 Å². The van der Waals surface area contributed by atoms with Crippen molar-refractivity contribution in [3.63, 3.8) is 0 Å². The topological polar surface area (TPSA) is 86.9 Å². The van der Waals surface area contributed by atoms with E-state index >= 15 is 0 Å². The quantitative estimate of drug-likeness (QED) is 0.657. The first-order valence-corrected chi connectivity index (χ1v) is 8.18. The standard InChI is InChI=1S/C13H18N4O2S/c1-20(18,19)16-8-7-14-9-12-10-15-17-13(12)11-5-3-2-4-6-11/h2-6,10,14,16H,7-9H2,1H3,(H,15,17). The van der Waals surface area contributed by atoms with Gasteiger partial charge in [0.1, 0.15) is 0 Å². The molecule has 0 spiro atoms. The van der Waals surface area contributed by atoms with Crippen molar-refractivity contribution in [2.24, 2.45) is 0 Å². The third kappa shape index (κ3) is 4.44. The SMILES string of the molecule is CS(=O)(=O)NCCNCc1cn[nH]c1-c1ccccc1. The molecule has 2 aromatic rings. The van der Waals surface area contributed by atoms with Crippen molar-refractivity contribution in [2.75, 3.05) is 19.3 Å². The van der Waals surface area contributed by atoms with Gasteiger partial charge in [-0.2, -0.15) is 5.10 Å². The molecule has 0 saturated heterocycles. The Kier molecular flexibility index (Phi) is 4.89. The number of hydrogen-bond donors (Lipinski definition) is 3. The van der Waals surface area contributed by atoms with E-state index in [9.17, 15) is 8.42 Å². The van der Waals surface area contributed by atoms with Gasteiger partial charge in [-0.15, -0.1) is 0 Å². The van der Waals surface area contributed by atoms with Gasteiger partial charge in [0.15, 0.2) is 0 Å². The van der Waals surface area contributed by atoms with Gasteiger partial charge in [-0.05, 0) is 5.56 Å². The summed E-state index contributed by atoms with van der Waals surface area (Å²) in [6, 6.07) is 9.95. The van der Waals surface area contributed by atoms with Crippen LogP contribution >= 0.6 is 0 Å². The van der Waals surface area contributed by atoms with Crippen LogP contribution in [-0.2, 0) is 16.6 Å².